The number of amides is 2. The van der Waals surface area contributed by atoms with Gasteiger partial charge in [-0.15, -0.1) is 6.58 Å². The van der Waals surface area contributed by atoms with Crippen LogP contribution in [0.1, 0.15) is 87.5 Å². The summed E-state index contributed by atoms with van der Waals surface area (Å²) in [5.74, 6) is -0.490. The standard InChI is InChI=1S/C31H50N4O3/c1-10-12-13-16-27(23(5)11-2)33-25(18-17-22(3)4)20-28(24(6)29(32)36)34-26-15-14-19-35(21-26)30(37)38-31(7,8)9/h10,12-13,16,20,26,33-34H,3,11,14-15,17-19,21H2,1-2,4-9H3,(H2,32,36)/b12-10-,16-13-,25-20+,27-23-,28-24-/t26-/m1/s1. The molecule has 0 aromatic carbocycles. The van der Waals surface area contributed by atoms with Crippen LogP contribution in [0.5, 0.6) is 0 Å². The number of hydrogen-bond acceptors (Lipinski definition) is 5. The molecule has 1 aliphatic rings. The molecule has 1 fully saturated rings. The first-order chi connectivity index (χ1) is 17.8. The predicted molar refractivity (Wildman–Crippen MR) is 158 cm³/mol. The Balaban J connectivity index is 3.35. The molecule has 4 N–H and O–H groups in total. The average Bonchev–Trinajstić information content (AvgIpc) is 2.84. The number of rotatable bonds is 12. The van der Waals surface area contributed by atoms with E-state index in [1.807, 2.05) is 58.9 Å². The second kappa shape index (κ2) is 15.9. The number of carbonyl (C=O) groups excluding carboxylic acids is 2. The highest BCUT2D eigenvalue weighted by atomic mass is 16.6. The highest BCUT2D eigenvalue weighted by Gasteiger charge is 2.28. The van der Waals surface area contributed by atoms with E-state index in [4.69, 9.17) is 10.5 Å². The van der Waals surface area contributed by atoms with Crippen molar-refractivity contribution in [2.75, 3.05) is 13.1 Å². The third kappa shape index (κ3) is 12.3. The van der Waals surface area contributed by atoms with Crippen molar-refractivity contribution in [1.29, 1.82) is 0 Å². The molecule has 212 valence electrons. The second-order valence-corrected chi connectivity index (χ2v) is 11.0. The van der Waals surface area contributed by atoms with Crippen LogP contribution in [0.4, 0.5) is 4.79 Å². The van der Waals surface area contributed by atoms with Crippen molar-refractivity contribution in [3.05, 3.63) is 70.8 Å². The smallest absolute Gasteiger partial charge is 0.410 e. The van der Waals surface area contributed by atoms with E-state index in [1.165, 1.54) is 5.57 Å². The van der Waals surface area contributed by atoms with E-state index in [0.717, 1.165) is 49.1 Å². The lowest BCUT2D eigenvalue weighted by Gasteiger charge is -2.35. The van der Waals surface area contributed by atoms with Gasteiger partial charge in [0.2, 0.25) is 5.91 Å². The van der Waals surface area contributed by atoms with E-state index in [1.54, 1.807) is 11.8 Å². The molecule has 7 heteroatoms. The maximum atomic E-state index is 12.7. The van der Waals surface area contributed by atoms with Crippen LogP contribution in [-0.2, 0) is 9.53 Å². The van der Waals surface area contributed by atoms with Crippen LogP contribution in [0, 0.1) is 0 Å². The number of likely N-dealkylation sites (tertiary alicyclic amines) is 1. The number of nitrogens with one attached hydrogen (secondary N) is 2. The van der Waals surface area contributed by atoms with Gasteiger partial charge in [-0.3, -0.25) is 4.79 Å². The lowest BCUT2D eigenvalue weighted by Crippen LogP contribution is -2.49. The van der Waals surface area contributed by atoms with Crippen molar-refractivity contribution in [3.63, 3.8) is 0 Å². The topological polar surface area (TPSA) is 96.7 Å². The molecule has 0 radical (unpaired) electrons. The monoisotopic (exact) mass is 526 g/mol. The Kier molecular flexibility index (Phi) is 13.7. The minimum absolute atomic E-state index is 0.0406. The quantitative estimate of drug-likeness (QED) is 0.156. The van der Waals surface area contributed by atoms with Crippen LogP contribution in [0.25, 0.3) is 0 Å². The van der Waals surface area contributed by atoms with Gasteiger partial charge in [0.25, 0.3) is 0 Å². The molecule has 1 heterocycles. The third-order valence-corrected chi connectivity index (χ3v) is 6.20. The Morgan fingerprint density at radius 3 is 2.37 bits per heavy atom. The van der Waals surface area contributed by atoms with Gasteiger partial charge >= 0.3 is 6.09 Å². The fourth-order valence-electron chi connectivity index (χ4n) is 3.81. The number of carbonyl (C=O) groups is 2. The molecular formula is C31H50N4O3. The third-order valence-electron chi connectivity index (χ3n) is 6.20. The molecular weight excluding hydrogens is 476 g/mol. The van der Waals surface area contributed by atoms with Crippen molar-refractivity contribution in [2.24, 2.45) is 5.73 Å². The summed E-state index contributed by atoms with van der Waals surface area (Å²) in [5.41, 5.74) is 10.5. The van der Waals surface area contributed by atoms with Crippen LogP contribution < -0.4 is 16.4 Å². The SMILES string of the molecule is C=C(C)CC/C(=C\C(N[C@@H]1CCCN(C(=O)OC(C)(C)C)C1)=C(/C)C(N)=O)NC(/C=C\C=C/C)=C(/C)CC. The number of nitrogens with zero attached hydrogens (tertiary/aromatic N) is 1. The van der Waals surface area contributed by atoms with E-state index in [9.17, 15) is 9.59 Å². The van der Waals surface area contributed by atoms with E-state index in [-0.39, 0.29) is 12.1 Å². The Labute approximate surface area is 230 Å². The number of nitrogens with two attached hydrogens (primary N) is 1. The van der Waals surface area contributed by atoms with Gasteiger partial charge in [-0.25, -0.2) is 4.79 Å². The second-order valence-electron chi connectivity index (χ2n) is 11.0. The molecule has 1 rings (SSSR count). The van der Waals surface area contributed by atoms with E-state index < -0.39 is 11.5 Å². The summed E-state index contributed by atoms with van der Waals surface area (Å²) in [5, 5.41) is 7.12. The largest absolute Gasteiger partial charge is 0.444 e. The van der Waals surface area contributed by atoms with Gasteiger partial charge < -0.3 is 26.0 Å². The zero-order valence-corrected chi connectivity index (χ0v) is 24.9. The van der Waals surface area contributed by atoms with E-state index in [2.05, 4.69) is 37.1 Å². The van der Waals surface area contributed by atoms with E-state index >= 15 is 0 Å². The summed E-state index contributed by atoms with van der Waals surface area (Å²) >= 11 is 0. The molecule has 0 spiro atoms. The highest BCUT2D eigenvalue weighted by Crippen LogP contribution is 2.20. The van der Waals surface area contributed by atoms with Gasteiger partial charge in [0, 0.05) is 41.8 Å². The first-order valence-corrected chi connectivity index (χ1v) is 13.6. The van der Waals surface area contributed by atoms with Crippen LogP contribution in [0.2, 0.25) is 0 Å². The number of hydrogen-bond donors (Lipinski definition) is 3. The molecule has 0 aromatic rings. The minimum atomic E-state index is -0.555. The summed E-state index contributed by atoms with van der Waals surface area (Å²) in [6.45, 7) is 20.7. The summed E-state index contributed by atoms with van der Waals surface area (Å²) in [6.07, 6.45) is 13.8. The normalized spacial score (nSPS) is 18.3. The molecule has 0 bridgehead atoms. The van der Waals surface area contributed by atoms with Gasteiger partial charge in [-0.1, -0.05) is 36.3 Å². The first kappa shape index (κ1) is 32.8. The molecule has 7 nitrogen and oxygen atoms in total. The Morgan fingerprint density at radius 1 is 1.13 bits per heavy atom. The average molecular weight is 527 g/mol. The van der Waals surface area contributed by atoms with Crippen molar-refractivity contribution < 1.29 is 14.3 Å². The number of piperidine rings is 1. The molecule has 2 amide bonds. The van der Waals surface area contributed by atoms with Crippen molar-refractivity contribution in [2.45, 2.75) is 99.1 Å². The lowest BCUT2D eigenvalue weighted by atomic mass is 10.0. The number of primary amides is 1. The first-order valence-electron chi connectivity index (χ1n) is 13.6. The fourth-order valence-corrected chi connectivity index (χ4v) is 3.81. The molecule has 0 aromatic heterocycles. The van der Waals surface area contributed by atoms with E-state index in [0.29, 0.717) is 24.4 Å². The van der Waals surface area contributed by atoms with Crippen LogP contribution >= 0.6 is 0 Å². The number of ether oxygens (including phenoxy) is 1. The minimum Gasteiger partial charge on any atom is -0.444 e. The molecule has 38 heavy (non-hydrogen) atoms. The van der Waals surface area contributed by atoms with Gasteiger partial charge in [0.15, 0.2) is 0 Å². The summed E-state index contributed by atoms with van der Waals surface area (Å²) in [4.78, 5) is 26.7. The van der Waals surface area contributed by atoms with Gasteiger partial charge in [0.05, 0.1) is 0 Å². The number of allylic oxidation sites excluding steroid dienone is 8. The van der Waals surface area contributed by atoms with Gasteiger partial charge in [-0.2, -0.15) is 0 Å². The maximum absolute atomic E-state index is 12.7. The Morgan fingerprint density at radius 2 is 1.82 bits per heavy atom. The van der Waals surface area contributed by atoms with Gasteiger partial charge in [0.1, 0.15) is 5.60 Å². The zero-order valence-electron chi connectivity index (χ0n) is 24.9. The lowest BCUT2D eigenvalue weighted by molar-refractivity contribution is -0.114. The summed E-state index contributed by atoms with van der Waals surface area (Å²) < 4.78 is 5.58. The summed E-state index contributed by atoms with van der Waals surface area (Å²) in [7, 11) is 0. The molecule has 0 unspecified atom stereocenters. The molecule has 0 aliphatic carbocycles. The molecule has 0 saturated carbocycles. The van der Waals surface area contributed by atoms with Crippen LogP contribution in [0.3, 0.4) is 0 Å². The summed E-state index contributed by atoms with van der Waals surface area (Å²) in [6, 6.07) is -0.0406. The van der Waals surface area contributed by atoms with Crippen molar-refractivity contribution in [3.8, 4) is 0 Å². The van der Waals surface area contributed by atoms with Crippen LogP contribution in [0.15, 0.2) is 70.8 Å². The predicted octanol–water partition coefficient (Wildman–Crippen LogP) is 6.38. The Hall–Kier alpha value is -3.22. The maximum Gasteiger partial charge on any atom is 0.410 e. The highest BCUT2D eigenvalue weighted by molar-refractivity contribution is 5.92. The fraction of sp³-hybridized carbons (Fsp3) is 0.548. The van der Waals surface area contributed by atoms with Crippen LogP contribution in [-0.4, -0.2) is 41.6 Å². The molecule has 1 atom stereocenters. The zero-order chi connectivity index (χ0) is 28.9. The molecule has 1 saturated heterocycles. The molecule has 1 aliphatic heterocycles. The van der Waals surface area contributed by atoms with Crippen molar-refractivity contribution in [1.82, 2.24) is 15.5 Å². The Bertz CT molecular complexity index is 993. The van der Waals surface area contributed by atoms with Crippen molar-refractivity contribution >= 4 is 12.0 Å². The van der Waals surface area contributed by atoms with Gasteiger partial charge in [-0.05, 0) is 92.7 Å².